The number of unbranched alkanes of at least 4 members (excludes halogenated alkanes) is 1. The molecule has 0 aliphatic rings. The van der Waals surface area contributed by atoms with Crippen LogP contribution in [0.5, 0.6) is 5.75 Å². The number of aliphatic carboxylic acids is 1. The van der Waals surface area contributed by atoms with Gasteiger partial charge in [-0.2, -0.15) is 0 Å². The van der Waals surface area contributed by atoms with Gasteiger partial charge in [-0.3, -0.25) is 9.59 Å². The Labute approximate surface area is 181 Å². The highest BCUT2D eigenvalue weighted by molar-refractivity contribution is 5.97. The Bertz CT molecular complexity index is 774. The fourth-order valence-electron chi connectivity index (χ4n) is 2.49. The summed E-state index contributed by atoms with van der Waals surface area (Å²) in [6.07, 6.45) is 1.71. The van der Waals surface area contributed by atoms with Crippen LogP contribution in [0.3, 0.4) is 0 Å². The minimum atomic E-state index is -1.14. The zero-order valence-corrected chi connectivity index (χ0v) is 18.1. The molecule has 1 aromatic carbocycles. The number of amides is 2. The SMILES string of the molecule is CC(C)(C)OC(=O)[C@H](CCCCN)NC(=O)CNC(=O)c1cccc(OCC(=O)O)c1. The number of benzene rings is 1. The van der Waals surface area contributed by atoms with E-state index in [2.05, 4.69) is 10.6 Å². The Balaban J connectivity index is 2.65. The van der Waals surface area contributed by atoms with Crippen LogP contribution in [0.2, 0.25) is 0 Å². The number of carboxylic acid groups (broad SMARTS) is 1. The molecule has 0 unspecified atom stereocenters. The summed E-state index contributed by atoms with van der Waals surface area (Å²) in [5, 5.41) is 13.7. The first-order chi connectivity index (χ1) is 14.5. The minimum Gasteiger partial charge on any atom is -0.482 e. The van der Waals surface area contributed by atoms with E-state index in [1.807, 2.05) is 0 Å². The lowest BCUT2D eigenvalue weighted by molar-refractivity contribution is -0.158. The third-order valence-electron chi connectivity index (χ3n) is 3.84. The maximum Gasteiger partial charge on any atom is 0.341 e. The summed E-state index contributed by atoms with van der Waals surface area (Å²) in [6, 6.07) is 5.06. The predicted molar refractivity (Wildman–Crippen MR) is 113 cm³/mol. The number of ether oxygens (including phenoxy) is 2. The average Bonchev–Trinajstić information content (AvgIpc) is 2.68. The number of nitrogens with two attached hydrogens (primary N) is 1. The van der Waals surface area contributed by atoms with Gasteiger partial charge in [0.15, 0.2) is 6.61 Å². The van der Waals surface area contributed by atoms with Crippen molar-refractivity contribution in [2.45, 2.75) is 51.7 Å². The van der Waals surface area contributed by atoms with Crippen molar-refractivity contribution >= 4 is 23.8 Å². The van der Waals surface area contributed by atoms with E-state index in [9.17, 15) is 19.2 Å². The van der Waals surface area contributed by atoms with Crippen molar-refractivity contribution < 1.29 is 33.8 Å². The van der Waals surface area contributed by atoms with E-state index in [0.717, 1.165) is 0 Å². The molecule has 10 heteroatoms. The van der Waals surface area contributed by atoms with E-state index in [1.54, 1.807) is 20.8 Å². The van der Waals surface area contributed by atoms with Crippen molar-refractivity contribution in [2.75, 3.05) is 19.7 Å². The summed E-state index contributed by atoms with van der Waals surface area (Å²) < 4.78 is 10.4. The van der Waals surface area contributed by atoms with Gasteiger partial charge in [0.1, 0.15) is 17.4 Å². The molecule has 0 aromatic heterocycles. The maximum absolute atomic E-state index is 12.4. The average molecular weight is 437 g/mol. The van der Waals surface area contributed by atoms with Crippen LogP contribution in [0.1, 0.15) is 50.4 Å². The van der Waals surface area contributed by atoms with Gasteiger partial charge in [-0.1, -0.05) is 6.07 Å². The van der Waals surface area contributed by atoms with E-state index in [1.165, 1.54) is 24.3 Å². The molecule has 0 spiro atoms. The summed E-state index contributed by atoms with van der Waals surface area (Å²) >= 11 is 0. The van der Waals surface area contributed by atoms with Crippen LogP contribution >= 0.6 is 0 Å². The number of nitrogens with one attached hydrogen (secondary N) is 2. The molecule has 0 bridgehead atoms. The second kappa shape index (κ2) is 12.5. The van der Waals surface area contributed by atoms with E-state index in [4.69, 9.17) is 20.3 Å². The molecule has 31 heavy (non-hydrogen) atoms. The zero-order valence-electron chi connectivity index (χ0n) is 18.1. The van der Waals surface area contributed by atoms with Crippen molar-refractivity contribution in [3.05, 3.63) is 29.8 Å². The molecule has 0 fully saturated rings. The van der Waals surface area contributed by atoms with Crippen LogP contribution in [0.15, 0.2) is 24.3 Å². The van der Waals surface area contributed by atoms with Crippen LogP contribution in [0, 0.1) is 0 Å². The van der Waals surface area contributed by atoms with Gasteiger partial charge in [0.25, 0.3) is 5.91 Å². The minimum absolute atomic E-state index is 0.197. The lowest BCUT2D eigenvalue weighted by atomic mass is 10.1. The van der Waals surface area contributed by atoms with Crippen molar-refractivity contribution in [3.63, 3.8) is 0 Å². The topological polar surface area (TPSA) is 157 Å². The molecule has 0 aliphatic carbocycles. The summed E-state index contributed by atoms with van der Waals surface area (Å²) in [5.74, 6) is -2.57. The molecule has 1 rings (SSSR count). The molecule has 0 saturated heterocycles. The first-order valence-corrected chi connectivity index (χ1v) is 9.97. The molecule has 0 saturated carbocycles. The number of carbonyl (C=O) groups excluding carboxylic acids is 3. The van der Waals surface area contributed by atoms with Gasteiger partial charge >= 0.3 is 11.9 Å². The fourth-order valence-corrected chi connectivity index (χ4v) is 2.49. The summed E-state index contributed by atoms with van der Waals surface area (Å²) in [5.41, 5.74) is 4.98. The van der Waals surface area contributed by atoms with Gasteiger partial charge in [-0.05, 0) is 64.8 Å². The van der Waals surface area contributed by atoms with Crippen LogP contribution in [-0.2, 0) is 19.1 Å². The van der Waals surface area contributed by atoms with Crippen molar-refractivity contribution in [3.8, 4) is 5.75 Å². The van der Waals surface area contributed by atoms with Crippen LogP contribution < -0.4 is 21.1 Å². The zero-order chi connectivity index (χ0) is 23.4. The second-order valence-electron chi connectivity index (χ2n) is 7.83. The highest BCUT2D eigenvalue weighted by Gasteiger charge is 2.26. The van der Waals surface area contributed by atoms with E-state index < -0.39 is 42.0 Å². The van der Waals surface area contributed by atoms with Crippen molar-refractivity contribution in [2.24, 2.45) is 5.73 Å². The fraction of sp³-hybridized carbons (Fsp3) is 0.524. The molecular weight excluding hydrogens is 406 g/mol. The maximum atomic E-state index is 12.4. The Hall–Kier alpha value is -3.14. The number of carbonyl (C=O) groups is 4. The van der Waals surface area contributed by atoms with Gasteiger partial charge in [0, 0.05) is 5.56 Å². The Morgan fingerprint density at radius 3 is 2.48 bits per heavy atom. The van der Waals surface area contributed by atoms with Crippen LogP contribution in [0.25, 0.3) is 0 Å². The van der Waals surface area contributed by atoms with Gasteiger partial charge in [0.05, 0.1) is 6.54 Å². The molecular formula is C21H31N3O7. The third-order valence-corrected chi connectivity index (χ3v) is 3.84. The summed E-state index contributed by atoms with van der Waals surface area (Å²) in [7, 11) is 0. The predicted octanol–water partition coefficient (Wildman–Crippen LogP) is 0.835. The number of rotatable bonds is 12. The normalized spacial score (nSPS) is 11.9. The van der Waals surface area contributed by atoms with E-state index in [0.29, 0.717) is 25.8 Å². The molecule has 2 amide bonds. The number of hydrogen-bond acceptors (Lipinski definition) is 7. The third kappa shape index (κ3) is 11.0. The van der Waals surface area contributed by atoms with Gasteiger partial charge in [-0.25, -0.2) is 9.59 Å². The van der Waals surface area contributed by atoms with Crippen LogP contribution in [-0.4, -0.2) is 60.2 Å². The van der Waals surface area contributed by atoms with Gasteiger partial charge in [0.2, 0.25) is 5.91 Å². The summed E-state index contributed by atoms with van der Waals surface area (Å²) in [6.45, 7) is 4.79. The standard InChI is InChI=1S/C21H31N3O7/c1-21(2,3)31-20(29)16(9-4-5-10-22)24-17(25)12-23-19(28)14-7-6-8-15(11-14)30-13-18(26)27/h6-8,11,16H,4-5,9-10,12-13,22H2,1-3H3,(H,23,28)(H,24,25)(H,26,27)/t16-/m0/s1. The molecule has 0 aliphatic heterocycles. The van der Waals surface area contributed by atoms with Gasteiger partial charge < -0.3 is 30.9 Å². The Morgan fingerprint density at radius 2 is 1.87 bits per heavy atom. The van der Waals surface area contributed by atoms with E-state index >= 15 is 0 Å². The quantitative estimate of drug-likeness (QED) is 0.277. The Kier molecular flexibility index (Phi) is 10.5. The first kappa shape index (κ1) is 25.9. The van der Waals surface area contributed by atoms with Crippen molar-refractivity contribution in [1.82, 2.24) is 10.6 Å². The lowest BCUT2D eigenvalue weighted by Gasteiger charge is -2.24. The summed E-state index contributed by atoms with van der Waals surface area (Å²) in [4.78, 5) is 47.5. The van der Waals surface area contributed by atoms with Gasteiger partial charge in [-0.15, -0.1) is 0 Å². The smallest absolute Gasteiger partial charge is 0.341 e. The number of esters is 1. The molecule has 1 atom stereocenters. The van der Waals surface area contributed by atoms with Crippen LogP contribution in [0.4, 0.5) is 0 Å². The molecule has 5 N–H and O–H groups in total. The number of carboxylic acids is 1. The van der Waals surface area contributed by atoms with E-state index in [-0.39, 0.29) is 17.9 Å². The highest BCUT2D eigenvalue weighted by atomic mass is 16.6. The molecule has 1 aromatic rings. The molecule has 0 radical (unpaired) electrons. The second-order valence-corrected chi connectivity index (χ2v) is 7.83. The number of hydrogen-bond donors (Lipinski definition) is 4. The monoisotopic (exact) mass is 437 g/mol. The Morgan fingerprint density at radius 1 is 1.16 bits per heavy atom. The highest BCUT2D eigenvalue weighted by Crippen LogP contribution is 2.13. The molecule has 172 valence electrons. The molecule has 0 heterocycles. The lowest BCUT2D eigenvalue weighted by Crippen LogP contribution is -2.47. The first-order valence-electron chi connectivity index (χ1n) is 9.97. The van der Waals surface area contributed by atoms with Crippen molar-refractivity contribution in [1.29, 1.82) is 0 Å². The largest absolute Gasteiger partial charge is 0.482 e. The molecule has 10 nitrogen and oxygen atoms in total.